The molecule has 0 bridgehead atoms. The maximum Gasteiger partial charge on any atom is 0.123 e. The lowest BCUT2D eigenvalue weighted by atomic mass is 9.70. The zero-order valence-electron chi connectivity index (χ0n) is 11.7. The number of benzene rings is 1. The highest BCUT2D eigenvalue weighted by atomic mass is 19.1. The van der Waals surface area contributed by atoms with Gasteiger partial charge >= 0.3 is 0 Å². The van der Waals surface area contributed by atoms with Crippen LogP contribution in [0.5, 0.6) is 0 Å². The van der Waals surface area contributed by atoms with Crippen molar-refractivity contribution < 1.29 is 4.39 Å². The van der Waals surface area contributed by atoms with Crippen molar-refractivity contribution in [2.45, 2.75) is 45.6 Å². The molecule has 0 heterocycles. The second-order valence-electron chi connectivity index (χ2n) is 6.32. The molecular weight excluding hydrogens is 225 g/mol. The van der Waals surface area contributed by atoms with Crippen molar-refractivity contribution in [1.82, 2.24) is 5.32 Å². The van der Waals surface area contributed by atoms with E-state index in [1.165, 1.54) is 31.7 Å². The highest BCUT2D eigenvalue weighted by molar-refractivity contribution is 5.21. The van der Waals surface area contributed by atoms with Gasteiger partial charge in [-0.2, -0.15) is 0 Å². The van der Waals surface area contributed by atoms with Crippen LogP contribution in [0.15, 0.2) is 24.3 Å². The third kappa shape index (κ3) is 3.11. The molecule has 0 aromatic heterocycles. The third-order valence-electron chi connectivity index (χ3n) is 4.37. The van der Waals surface area contributed by atoms with E-state index in [0.29, 0.717) is 11.3 Å². The Morgan fingerprint density at radius 1 is 1.28 bits per heavy atom. The zero-order chi connectivity index (χ0) is 13.2. The van der Waals surface area contributed by atoms with Crippen molar-refractivity contribution in [3.05, 3.63) is 35.6 Å². The molecule has 1 N–H and O–H groups in total. The number of hydrogen-bond acceptors (Lipinski definition) is 1. The predicted molar refractivity (Wildman–Crippen MR) is 73.9 cm³/mol. The van der Waals surface area contributed by atoms with E-state index < -0.39 is 0 Å². The van der Waals surface area contributed by atoms with Crippen molar-refractivity contribution >= 4 is 0 Å². The predicted octanol–water partition coefficient (Wildman–Crippen LogP) is 4.30. The van der Waals surface area contributed by atoms with Crippen LogP contribution >= 0.6 is 0 Å². The van der Waals surface area contributed by atoms with Gasteiger partial charge in [0.25, 0.3) is 0 Å². The normalized spacial score (nSPS) is 21.8. The molecule has 1 nitrogen and oxygen atoms in total. The van der Waals surface area contributed by atoms with Gasteiger partial charge in [0, 0.05) is 6.04 Å². The molecule has 0 spiro atoms. The molecule has 2 rings (SSSR count). The van der Waals surface area contributed by atoms with Crippen LogP contribution in [-0.2, 0) is 0 Å². The average molecular weight is 249 g/mol. The van der Waals surface area contributed by atoms with Crippen LogP contribution < -0.4 is 5.32 Å². The first-order chi connectivity index (χ1) is 8.52. The van der Waals surface area contributed by atoms with Crippen LogP contribution in [0.25, 0.3) is 0 Å². The van der Waals surface area contributed by atoms with E-state index >= 15 is 0 Å². The van der Waals surface area contributed by atoms with E-state index in [1.807, 2.05) is 19.2 Å². The highest BCUT2D eigenvalue weighted by Gasteiger charge is 2.31. The molecule has 1 unspecified atom stereocenters. The van der Waals surface area contributed by atoms with Crippen molar-refractivity contribution in [2.75, 3.05) is 7.05 Å². The minimum absolute atomic E-state index is 0.135. The van der Waals surface area contributed by atoms with E-state index in [9.17, 15) is 4.39 Å². The van der Waals surface area contributed by atoms with Crippen LogP contribution in [0, 0.1) is 17.2 Å². The first-order valence-corrected chi connectivity index (χ1v) is 6.94. The molecule has 0 aliphatic heterocycles. The fraction of sp³-hybridized carbons (Fsp3) is 0.625. The Morgan fingerprint density at radius 3 is 2.50 bits per heavy atom. The molecule has 0 radical (unpaired) electrons. The van der Waals surface area contributed by atoms with Gasteiger partial charge in [-0.3, -0.25) is 0 Å². The topological polar surface area (TPSA) is 12.0 Å². The molecule has 1 aliphatic carbocycles. The van der Waals surface area contributed by atoms with Crippen LogP contribution in [0.3, 0.4) is 0 Å². The second kappa shape index (κ2) is 5.40. The first kappa shape index (κ1) is 13.5. The molecule has 1 aromatic rings. The number of hydrogen-bond donors (Lipinski definition) is 1. The van der Waals surface area contributed by atoms with E-state index in [2.05, 4.69) is 19.2 Å². The molecule has 100 valence electrons. The van der Waals surface area contributed by atoms with Crippen molar-refractivity contribution in [3.8, 4) is 0 Å². The van der Waals surface area contributed by atoms with Gasteiger partial charge in [-0.25, -0.2) is 4.39 Å². The van der Waals surface area contributed by atoms with Gasteiger partial charge in [0.15, 0.2) is 0 Å². The summed E-state index contributed by atoms with van der Waals surface area (Å²) in [5.41, 5.74) is 1.57. The smallest absolute Gasteiger partial charge is 0.123 e. The van der Waals surface area contributed by atoms with E-state index in [-0.39, 0.29) is 11.9 Å². The maximum atomic E-state index is 13.3. The Bertz CT molecular complexity index is 390. The number of rotatable bonds is 3. The lowest BCUT2D eigenvalue weighted by Crippen LogP contribution is -2.31. The quantitative estimate of drug-likeness (QED) is 0.842. The second-order valence-corrected chi connectivity index (χ2v) is 6.32. The zero-order valence-corrected chi connectivity index (χ0v) is 11.7. The van der Waals surface area contributed by atoms with E-state index in [1.54, 1.807) is 6.07 Å². The van der Waals surface area contributed by atoms with Gasteiger partial charge < -0.3 is 5.32 Å². The summed E-state index contributed by atoms with van der Waals surface area (Å²) in [7, 11) is 1.98. The summed E-state index contributed by atoms with van der Waals surface area (Å²) in [6, 6.07) is 7.31. The van der Waals surface area contributed by atoms with Crippen LogP contribution in [0.2, 0.25) is 0 Å². The van der Waals surface area contributed by atoms with E-state index in [0.717, 1.165) is 5.56 Å². The minimum Gasteiger partial charge on any atom is -0.313 e. The molecule has 1 aliphatic rings. The number of halogens is 1. The van der Waals surface area contributed by atoms with Crippen molar-refractivity contribution in [3.63, 3.8) is 0 Å². The largest absolute Gasteiger partial charge is 0.313 e. The van der Waals surface area contributed by atoms with E-state index in [4.69, 9.17) is 0 Å². The molecule has 0 amide bonds. The summed E-state index contributed by atoms with van der Waals surface area (Å²) >= 11 is 0. The van der Waals surface area contributed by atoms with Gasteiger partial charge in [-0.05, 0) is 61.8 Å². The highest BCUT2D eigenvalue weighted by Crippen LogP contribution is 2.42. The summed E-state index contributed by atoms with van der Waals surface area (Å²) < 4.78 is 13.3. The molecule has 2 heteroatoms. The van der Waals surface area contributed by atoms with Gasteiger partial charge in [-0.15, -0.1) is 0 Å². The standard InChI is InChI=1S/C16H24FN/c1-16(2)9-7-12(8-10-16)15(18-3)13-5-4-6-14(17)11-13/h4-6,11-12,15,18H,7-10H2,1-3H3. The average Bonchev–Trinajstić information content (AvgIpc) is 2.32. The minimum atomic E-state index is -0.135. The first-order valence-electron chi connectivity index (χ1n) is 6.94. The fourth-order valence-electron chi connectivity index (χ4n) is 3.13. The van der Waals surface area contributed by atoms with Gasteiger partial charge in [0.2, 0.25) is 0 Å². The van der Waals surface area contributed by atoms with Gasteiger partial charge in [0.1, 0.15) is 5.82 Å². The summed E-state index contributed by atoms with van der Waals surface area (Å²) in [6.07, 6.45) is 5.00. The molecular formula is C16H24FN. The Hall–Kier alpha value is -0.890. The Balaban J connectivity index is 2.10. The molecule has 18 heavy (non-hydrogen) atoms. The lowest BCUT2D eigenvalue weighted by Gasteiger charge is -2.38. The monoisotopic (exact) mass is 249 g/mol. The van der Waals surface area contributed by atoms with Crippen molar-refractivity contribution in [2.24, 2.45) is 11.3 Å². The lowest BCUT2D eigenvalue weighted by molar-refractivity contribution is 0.164. The summed E-state index contributed by atoms with van der Waals surface area (Å²) in [5, 5.41) is 3.38. The maximum absolute atomic E-state index is 13.3. The van der Waals surface area contributed by atoms with Gasteiger partial charge in [-0.1, -0.05) is 26.0 Å². The third-order valence-corrected chi connectivity index (χ3v) is 4.37. The fourth-order valence-corrected chi connectivity index (χ4v) is 3.13. The van der Waals surface area contributed by atoms with Crippen LogP contribution in [0.1, 0.15) is 51.1 Å². The van der Waals surface area contributed by atoms with Crippen LogP contribution in [0.4, 0.5) is 4.39 Å². The summed E-state index contributed by atoms with van der Waals surface area (Å²) in [6.45, 7) is 4.69. The molecule has 1 saturated carbocycles. The molecule has 1 atom stereocenters. The summed E-state index contributed by atoms with van der Waals surface area (Å²) in [5.74, 6) is 0.494. The van der Waals surface area contributed by atoms with Crippen LogP contribution in [-0.4, -0.2) is 7.05 Å². The van der Waals surface area contributed by atoms with Crippen molar-refractivity contribution in [1.29, 1.82) is 0 Å². The molecule has 1 fully saturated rings. The SMILES string of the molecule is CNC(c1cccc(F)c1)C1CCC(C)(C)CC1. The Kier molecular flexibility index (Phi) is 4.06. The van der Waals surface area contributed by atoms with Gasteiger partial charge in [0.05, 0.1) is 0 Å². The molecule has 1 aromatic carbocycles. The molecule has 0 saturated heterocycles. The summed E-state index contributed by atoms with van der Waals surface area (Å²) in [4.78, 5) is 0. The number of nitrogens with one attached hydrogen (secondary N) is 1. The Labute approximate surface area is 110 Å². The Morgan fingerprint density at radius 2 is 1.94 bits per heavy atom.